The number of piperazine rings is 1. The van der Waals surface area contributed by atoms with Crippen LogP contribution < -0.4 is 4.90 Å². The summed E-state index contributed by atoms with van der Waals surface area (Å²) < 4.78 is 13.3. The molecular formula is C18H23FN4OS. The van der Waals surface area contributed by atoms with Crippen LogP contribution in [0.2, 0.25) is 0 Å². The van der Waals surface area contributed by atoms with Crippen LogP contribution >= 0.6 is 11.3 Å². The maximum Gasteiger partial charge on any atom is 0.239 e. The predicted molar refractivity (Wildman–Crippen MR) is 98.2 cm³/mol. The van der Waals surface area contributed by atoms with Gasteiger partial charge in [-0.3, -0.25) is 9.69 Å². The van der Waals surface area contributed by atoms with Crippen molar-refractivity contribution in [2.24, 2.45) is 0 Å². The second kappa shape index (κ2) is 7.93. The number of hydrogen-bond donors (Lipinski definition) is 0. The Labute approximate surface area is 151 Å². The molecule has 7 heteroatoms. The zero-order valence-electron chi connectivity index (χ0n) is 14.6. The lowest BCUT2D eigenvalue weighted by molar-refractivity contribution is -0.135. The molecule has 1 aliphatic heterocycles. The van der Waals surface area contributed by atoms with Crippen molar-refractivity contribution >= 4 is 22.4 Å². The summed E-state index contributed by atoms with van der Waals surface area (Å²) in [6, 6.07) is 6.21. The minimum Gasteiger partial charge on any atom is -0.346 e. The minimum atomic E-state index is -0.273. The van der Waals surface area contributed by atoms with Gasteiger partial charge in [-0.1, -0.05) is 12.1 Å². The molecule has 0 saturated carbocycles. The Balaban J connectivity index is 1.53. The highest BCUT2D eigenvalue weighted by molar-refractivity contribution is 7.13. The quantitative estimate of drug-likeness (QED) is 0.819. The first-order valence-corrected chi connectivity index (χ1v) is 9.30. The number of carbonyl (C=O) groups excluding carboxylic acids is 1. The SMILES string of the molecule is C[C@H](C(=O)N(C)Cc1cccc(F)c1)N1CCN(c2nccs2)CC1. The lowest BCUT2D eigenvalue weighted by Crippen LogP contribution is -2.54. The molecule has 1 aromatic carbocycles. The largest absolute Gasteiger partial charge is 0.346 e. The summed E-state index contributed by atoms with van der Waals surface area (Å²) in [6.07, 6.45) is 1.82. The number of nitrogens with zero attached hydrogens (tertiary/aromatic N) is 4. The predicted octanol–water partition coefficient (Wildman–Crippen LogP) is 2.45. The Morgan fingerprint density at radius 3 is 2.76 bits per heavy atom. The molecule has 0 spiro atoms. The molecule has 25 heavy (non-hydrogen) atoms. The van der Waals surface area contributed by atoms with E-state index in [1.807, 2.05) is 24.6 Å². The molecule has 2 aromatic rings. The van der Waals surface area contributed by atoms with Gasteiger partial charge in [-0.2, -0.15) is 0 Å². The summed E-state index contributed by atoms with van der Waals surface area (Å²) >= 11 is 1.64. The molecule has 0 aliphatic carbocycles. The fourth-order valence-electron chi connectivity index (χ4n) is 3.13. The van der Waals surface area contributed by atoms with E-state index in [9.17, 15) is 9.18 Å². The fraction of sp³-hybridized carbons (Fsp3) is 0.444. The van der Waals surface area contributed by atoms with E-state index in [1.54, 1.807) is 29.4 Å². The molecule has 1 aliphatic rings. The Bertz CT molecular complexity index is 701. The normalized spacial score (nSPS) is 16.7. The molecule has 1 atom stereocenters. The first-order chi connectivity index (χ1) is 12.0. The van der Waals surface area contributed by atoms with Gasteiger partial charge in [0.2, 0.25) is 5.91 Å². The first kappa shape index (κ1) is 17.8. The van der Waals surface area contributed by atoms with Crippen LogP contribution in [0.25, 0.3) is 0 Å². The number of anilines is 1. The van der Waals surface area contributed by atoms with Gasteiger partial charge < -0.3 is 9.80 Å². The van der Waals surface area contributed by atoms with Gasteiger partial charge in [0.05, 0.1) is 6.04 Å². The van der Waals surface area contributed by atoms with E-state index >= 15 is 0 Å². The third kappa shape index (κ3) is 4.35. The fourth-order valence-corrected chi connectivity index (χ4v) is 3.83. The van der Waals surface area contributed by atoms with E-state index in [0.29, 0.717) is 6.54 Å². The molecule has 0 radical (unpaired) electrons. The molecule has 1 saturated heterocycles. The highest BCUT2D eigenvalue weighted by atomic mass is 32.1. The molecule has 3 rings (SSSR count). The summed E-state index contributed by atoms with van der Waals surface area (Å²) in [4.78, 5) is 23.2. The number of thiazole rings is 1. The summed E-state index contributed by atoms with van der Waals surface area (Å²) in [6.45, 7) is 5.78. The van der Waals surface area contributed by atoms with Gasteiger partial charge in [0.25, 0.3) is 0 Å². The van der Waals surface area contributed by atoms with Crippen LogP contribution in [0.15, 0.2) is 35.8 Å². The number of hydrogen-bond acceptors (Lipinski definition) is 5. The number of likely N-dealkylation sites (N-methyl/N-ethyl adjacent to an activating group) is 1. The van der Waals surface area contributed by atoms with Crippen LogP contribution in [-0.2, 0) is 11.3 Å². The van der Waals surface area contributed by atoms with Crippen LogP contribution in [0.5, 0.6) is 0 Å². The van der Waals surface area contributed by atoms with E-state index in [2.05, 4.69) is 14.8 Å². The zero-order chi connectivity index (χ0) is 17.8. The van der Waals surface area contributed by atoms with Crippen LogP contribution in [-0.4, -0.2) is 60.0 Å². The third-order valence-electron chi connectivity index (χ3n) is 4.59. The molecule has 1 amide bonds. The van der Waals surface area contributed by atoms with Crippen molar-refractivity contribution in [2.45, 2.75) is 19.5 Å². The molecule has 1 aromatic heterocycles. The van der Waals surface area contributed by atoms with Crippen molar-refractivity contribution in [3.05, 3.63) is 47.2 Å². The standard InChI is InChI=1S/C18H23FN4OS/c1-14(17(24)21(2)13-15-4-3-5-16(19)12-15)22-7-9-23(10-8-22)18-20-6-11-25-18/h3-6,11-12,14H,7-10,13H2,1-2H3/t14-/m1/s1. The van der Waals surface area contributed by atoms with Gasteiger partial charge in [0.15, 0.2) is 5.13 Å². The third-order valence-corrected chi connectivity index (χ3v) is 5.43. The zero-order valence-corrected chi connectivity index (χ0v) is 15.4. The van der Waals surface area contributed by atoms with Gasteiger partial charge in [-0.05, 0) is 24.6 Å². The van der Waals surface area contributed by atoms with Crippen molar-refractivity contribution in [3.8, 4) is 0 Å². The van der Waals surface area contributed by atoms with E-state index in [-0.39, 0.29) is 17.8 Å². The summed E-state index contributed by atoms with van der Waals surface area (Å²) in [5.74, 6) is -0.211. The highest BCUT2D eigenvalue weighted by Gasteiger charge is 2.28. The highest BCUT2D eigenvalue weighted by Crippen LogP contribution is 2.20. The Morgan fingerprint density at radius 2 is 2.12 bits per heavy atom. The monoisotopic (exact) mass is 362 g/mol. The molecular weight excluding hydrogens is 339 g/mol. The van der Waals surface area contributed by atoms with E-state index in [1.165, 1.54) is 12.1 Å². The molecule has 2 heterocycles. The smallest absolute Gasteiger partial charge is 0.239 e. The summed E-state index contributed by atoms with van der Waals surface area (Å²) in [5.41, 5.74) is 0.802. The van der Waals surface area contributed by atoms with Gasteiger partial charge in [-0.25, -0.2) is 9.37 Å². The number of rotatable bonds is 5. The van der Waals surface area contributed by atoms with Gasteiger partial charge in [0.1, 0.15) is 5.82 Å². The number of benzene rings is 1. The van der Waals surface area contributed by atoms with Crippen LogP contribution in [0.4, 0.5) is 9.52 Å². The molecule has 0 N–H and O–H groups in total. The van der Waals surface area contributed by atoms with Crippen molar-refractivity contribution in [2.75, 3.05) is 38.1 Å². The average molecular weight is 362 g/mol. The topological polar surface area (TPSA) is 39.7 Å². The van der Waals surface area contributed by atoms with Crippen LogP contribution in [0, 0.1) is 5.82 Å². The second-order valence-electron chi connectivity index (χ2n) is 6.34. The molecule has 0 bridgehead atoms. The molecule has 134 valence electrons. The number of aromatic nitrogens is 1. The lowest BCUT2D eigenvalue weighted by Gasteiger charge is -2.38. The maximum absolute atomic E-state index is 13.3. The summed E-state index contributed by atoms with van der Waals surface area (Å²) in [7, 11) is 1.77. The minimum absolute atomic E-state index is 0.0620. The van der Waals surface area contributed by atoms with Crippen molar-refractivity contribution in [1.29, 1.82) is 0 Å². The Hall–Kier alpha value is -1.99. The number of carbonyl (C=O) groups is 1. The number of amides is 1. The lowest BCUT2D eigenvalue weighted by atomic mass is 10.1. The second-order valence-corrected chi connectivity index (χ2v) is 7.21. The van der Waals surface area contributed by atoms with Gasteiger partial charge in [-0.15, -0.1) is 11.3 Å². The number of halogens is 1. The van der Waals surface area contributed by atoms with Crippen molar-refractivity contribution in [3.63, 3.8) is 0 Å². The van der Waals surface area contributed by atoms with E-state index < -0.39 is 0 Å². The summed E-state index contributed by atoms with van der Waals surface area (Å²) in [5, 5.41) is 3.02. The van der Waals surface area contributed by atoms with E-state index in [4.69, 9.17) is 0 Å². The Kier molecular flexibility index (Phi) is 5.65. The molecule has 5 nitrogen and oxygen atoms in total. The van der Waals surface area contributed by atoms with Gasteiger partial charge in [0, 0.05) is 51.3 Å². The maximum atomic E-state index is 13.3. The van der Waals surface area contributed by atoms with Crippen LogP contribution in [0.1, 0.15) is 12.5 Å². The molecule has 0 unspecified atom stereocenters. The van der Waals surface area contributed by atoms with Crippen molar-refractivity contribution < 1.29 is 9.18 Å². The van der Waals surface area contributed by atoms with Gasteiger partial charge >= 0.3 is 0 Å². The van der Waals surface area contributed by atoms with E-state index in [0.717, 1.165) is 36.9 Å². The van der Waals surface area contributed by atoms with Crippen molar-refractivity contribution in [1.82, 2.24) is 14.8 Å². The Morgan fingerprint density at radius 1 is 1.36 bits per heavy atom. The molecule has 1 fully saturated rings. The van der Waals surface area contributed by atoms with Crippen LogP contribution in [0.3, 0.4) is 0 Å². The first-order valence-electron chi connectivity index (χ1n) is 8.42. The average Bonchev–Trinajstić information content (AvgIpc) is 3.15.